The van der Waals surface area contributed by atoms with E-state index in [1.54, 1.807) is 60.1 Å². The van der Waals surface area contributed by atoms with E-state index < -0.39 is 11.9 Å². The van der Waals surface area contributed by atoms with Crippen LogP contribution in [0.2, 0.25) is 0 Å². The number of rotatable bonds is 6. The molecule has 4 aromatic rings. The van der Waals surface area contributed by atoms with Crippen LogP contribution in [-0.2, 0) is 6.42 Å². The van der Waals surface area contributed by atoms with Crippen molar-refractivity contribution in [3.63, 3.8) is 0 Å². The SMILES string of the molecule is Cc1nc(C(=O)Nc2ccc(NC(=O)Nc3ccc(CCO)cc3)cc2)c2c(N)nccn12. The van der Waals surface area contributed by atoms with Crippen molar-refractivity contribution in [1.29, 1.82) is 0 Å². The second kappa shape index (κ2) is 9.37. The topological polar surface area (TPSA) is 147 Å². The molecule has 2 aromatic carbocycles. The van der Waals surface area contributed by atoms with E-state index in [9.17, 15) is 9.59 Å². The summed E-state index contributed by atoms with van der Waals surface area (Å²) in [6.45, 7) is 1.85. The van der Waals surface area contributed by atoms with Gasteiger partial charge in [-0.1, -0.05) is 12.1 Å². The van der Waals surface area contributed by atoms with Crippen LogP contribution in [0.3, 0.4) is 0 Å². The Bertz CT molecular complexity index is 1300. The lowest BCUT2D eigenvalue weighted by Crippen LogP contribution is -2.19. The predicted molar refractivity (Wildman–Crippen MR) is 126 cm³/mol. The molecule has 168 valence electrons. The lowest BCUT2D eigenvalue weighted by molar-refractivity contribution is 0.102. The number of hydrogen-bond donors (Lipinski definition) is 5. The van der Waals surface area contributed by atoms with Crippen LogP contribution >= 0.6 is 0 Å². The van der Waals surface area contributed by atoms with E-state index in [-0.39, 0.29) is 18.1 Å². The van der Waals surface area contributed by atoms with Gasteiger partial charge in [-0.15, -0.1) is 0 Å². The quantitative estimate of drug-likeness (QED) is 0.308. The van der Waals surface area contributed by atoms with E-state index >= 15 is 0 Å². The minimum Gasteiger partial charge on any atom is -0.396 e. The molecule has 0 unspecified atom stereocenters. The van der Waals surface area contributed by atoms with E-state index in [4.69, 9.17) is 10.8 Å². The largest absolute Gasteiger partial charge is 0.396 e. The Hall–Kier alpha value is -4.44. The number of benzene rings is 2. The lowest BCUT2D eigenvalue weighted by Gasteiger charge is -2.09. The third-order valence-corrected chi connectivity index (χ3v) is 4.99. The van der Waals surface area contributed by atoms with Gasteiger partial charge in [0, 0.05) is 36.1 Å². The predicted octanol–water partition coefficient (Wildman–Crippen LogP) is 3.05. The first-order valence-electron chi connectivity index (χ1n) is 10.2. The number of carbonyl (C=O) groups is 2. The Morgan fingerprint density at radius 3 is 2.15 bits per heavy atom. The number of aryl methyl sites for hydroxylation is 1. The fourth-order valence-corrected chi connectivity index (χ4v) is 3.38. The smallest absolute Gasteiger partial charge is 0.323 e. The number of nitrogen functional groups attached to an aromatic ring is 1. The molecule has 0 aliphatic heterocycles. The molecule has 2 aromatic heterocycles. The molecule has 0 saturated carbocycles. The van der Waals surface area contributed by atoms with Gasteiger partial charge in [0.25, 0.3) is 5.91 Å². The number of carbonyl (C=O) groups excluding carboxylic acids is 2. The van der Waals surface area contributed by atoms with Crippen molar-refractivity contribution in [2.75, 3.05) is 28.3 Å². The first kappa shape index (κ1) is 21.8. The zero-order valence-electron chi connectivity index (χ0n) is 17.9. The molecule has 3 amide bonds. The van der Waals surface area contributed by atoms with Gasteiger partial charge in [-0.25, -0.2) is 14.8 Å². The molecule has 10 heteroatoms. The molecule has 10 nitrogen and oxygen atoms in total. The molecular weight excluding hydrogens is 422 g/mol. The summed E-state index contributed by atoms with van der Waals surface area (Å²) in [7, 11) is 0. The Morgan fingerprint density at radius 2 is 1.55 bits per heavy atom. The van der Waals surface area contributed by atoms with E-state index in [0.717, 1.165) is 5.56 Å². The number of imidazole rings is 1. The van der Waals surface area contributed by atoms with E-state index in [2.05, 4.69) is 25.9 Å². The van der Waals surface area contributed by atoms with Crippen molar-refractivity contribution in [2.24, 2.45) is 0 Å². The van der Waals surface area contributed by atoms with Crippen molar-refractivity contribution in [1.82, 2.24) is 14.4 Å². The number of hydrogen-bond acceptors (Lipinski definition) is 6. The summed E-state index contributed by atoms with van der Waals surface area (Å²) in [6, 6.07) is 13.5. The number of urea groups is 1. The van der Waals surface area contributed by atoms with Gasteiger partial charge in [0.05, 0.1) is 0 Å². The lowest BCUT2D eigenvalue weighted by atomic mass is 10.1. The highest BCUT2D eigenvalue weighted by atomic mass is 16.3. The van der Waals surface area contributed by atoms with Crippen LogP contribution in [-0.4, -0.2) is 38.0 Å². The van der Waals surface area contributed by atoms with Crippen molar-refractivity contribution < 1.29 is 14.7 Å². The molecule has 0 saturated heterocycles. The molecule has 0 aliphatic rings. The minimum atomic E-state index is -0.414. The van der Waals surface area contributed by atoms with Crippen LogP contribution in [0.1, 0.15) is 21.9 Å². The maximum atomic E-state index is 12.8. The molecule has 2 heterocycles. The summed E-state index contributed by atoms with van der Waals surface area (Å²) < 4.78 is 1.71. The molecule has 0 bridgehead atoms. The number of aromatic nitrogens is 3. The Morgan fingerprint density at radius 1 is 0.970 bits per heavy atom. The van der Waals surface area contributed by atoms with Crippen LogP contribution in [0, 0.1) is 6.92 Å². The minimum absolute atomic E-state index is 0.0768. The number of aliphatic hydroxyl groups excluding tert-OH is 1. The normalized spacial score (nSPS) is 10.7. The van der Waals surface area contributed by atoms with Crippen LogP contribution < -0.4 is 21.7 Å². The van der Waals surface area contributed by atoms with Crippen molar-refractivity contribution >= 4 is 40.3 Å². The first-order chi connectivity index (χ1) is 15.9. The van der Waals surface area contributed by atoms with Crippen LogP contribution in [0.4, 0.5) is 27.7 Å². The van der Waals surface area contributed by atoms with Gasteiger partial charge in [-0.3, -0.25) is 9.20 Å². The highest BCUT2D eigenvalue weighted by molar-refractivity contribution is 6.09. The number of nitrogens with zero attached hydrogens (tertiary/aromatic N) is 3. The fraction of sp³-hybridized carbons (Fsp3) is 0.130. The van der Waals surface area contributed by atoms with Crippen LogP contribution in [0.25, 0.3) is 5.52 Å². The summed E-state index contributed by atoms with van der Waals surface area (Å²) in [5, 5.41) is 17.2. The standard InChI is InChI=1S/C23H23N7O3/c1-14-26-19(20-21(24)25-11-12-30(14)20)22(32)27-16-6-8-18(9-7-16)29-23(33)28-17-4-2-15(3-5-17)10-13-31/h2-9,11-12,31H,10,13H2,1H3,(H2,24,25)(H,27,32)(H2,28,29,33). The second-order valence-electron chi connectivity index (χ2n) is 7.32. The third-order valence-electron chi connectivity index (χ3n) is 4.99. The zero-order valence-corrected chi connectivity index (χ0v) is 17.9. The average Bonchev–Trinajstić information content (AvgIpc) is 3.15. The average molecular weight is 445 g/mol. The summed E-state index contributed by atoms with van der Waals surface area (Å²) in [5.74, 6) is 0.429. The molecular formula is C23H23N7O3. The van der Waals surface area contributed by atoms with Gasteiger partial charge in [0.1, 0.15) is 17.2 Å². The highest BCUT2D eigenvalue weighted by Crippen LogP contribution is 2.20. The Balaban J connectivity index is 1.38. The summed E-state index contributed by atoms with van der Waals surface area (Å²) >= 11 is 0. The van der Waals surface area contributed by atoms with Gasteiger partial charge in [-0.2, -0.15) is 0 Å². The highest BCUT2D eigenvalue weighted by Gasteiger charge is 2.18. The Labute approximate surface area is 189 Å². The van der Waals surface area contributed by atoms with Gasteiger partial charge in [0.2, 0.25) is 0 Å². The molecule has 0 spiro atoms. The molecule has 0 radical (unpaired) electrons. The number of nitrogens with two attached hydrogens (primary N) is 1. The first-order valence-corrected chi connectivity index (χ1v) is 10.2. The van der Waals surface area contributed by atoms with Crippen molar-refractivity contribution in [2.45, 2.75) is 13.3 Å². The second-order valence-corrected chi connectivity index (χ2v) is 7.32. The molecule has 4 rings (SSSR count). The maximum absolute atomic E-state index is 12.8. The number of fused-ring (bicyclic) bond motifs is 1. The molecule has 0 fully saturated rings. The number of aliphatic hydroxyl groups is 1. The molecule has 0 aliphatic carbocycles. The van der Waals surface area contributed by atoms with E-state index in [1.807, 2.05) is 12.1 Å². The van der Waals surface area contributed by atoms with Gasteiger partial charge < -0.3 is 26.8 Å². The maximum Gasteiger partial charge on any atom is 0.323 e. The number of nitrogens with one attached hydrogen (secondary N) is 3. The molecule has 6 N–H and O–H groups in total. The number of anilines is 4. The van der Waals surface area contributed by atoms with Crippen LogP contribution in [0.5, 0.6) is 0 Å². The van der Waals surface area contributed by atoms with E-state index in [0.29, 0.717) is 34.8 Å². The third kappa shape index (κ3) is 4.91. The van der Waals surface area contributed by atoms with Gasteiger partial charge >= 0.3 is 6.03 Å². The van der Waals surface area contributed by atoms with Crippen molar-refractivity contribution in [3.05, 3.63) is 78.0 Å². The zero-order chi connectivity index (χ0) is 23.4. The summed E-state index contributed by atoms with van der Waals surface area (Å²) in [4.78, 5) is 33.3. The van der Waals surface area contributed by atoms with E-state index in [1.165, 1.54) is 0 Å². The molecule has 0 atom stereocenters. The summed E-state index contributed by atoms with van der Waals surface area (Å²) in [6.07, 6.45) is 3.81. The monoisotopic (exact) mass is 445 g/mol. The number of amides is 3. The van der Waals surface area contributed by atoms with Crippen molar-refractivity contribution in [3.8, 4) is 0 Å². The molecule has 33 heavy (non-hydrogen) atoms. The summed E-state index contributed by atoms with van der Waals surface area (Å²) in [5.41, 5.74) is 9.28. The van der Waals surface area contributed by atoms with Crippen LogP contribution in [0.15, 0.2) is 60.9 Å². The van der Waals surface area contributed by atoms with Gasteiger partial charge in [-0.05, 0) is 55.3 Å². The van der Waals surface area contributed by atoms with Gasteiger partial charge in [0.15, 0.2) is 5.69 Å². The fourth-order valence-electron chi connectivity index (χ4n) is 3.38. The Kier molecular flexibility index (Phi) is 6.18.